The molecule has 0 bridgehead atoms. The molecule has 0 aromatic heterocycles. The number of fused-ring (bicyclic) bond motifs is 1. The van der Waals surface area contributed by atoms with Crippen molar-refractivity contribution in [1.29, 1.82) is 0 Å². The molecular formula is C11H9F2NO3. The largest absolute Gasteiger partial charge is 0.355 e. The van der Waals surface area contributed by atoms with Crippen molar-refractivity contribution < 1.29 is 23.5 Å². The molecule has 0 radical (unpaired) electrons. The molecule has 4 nitrogen and oxygen atoms in total. The molecule has 1 heterocycles. The minimum Gasteiger partial charge on any atom is -0.336 e. The first kappa shape index (κ1) is 11.7. The Morgan fingerprint density at radius 3 is 2.00 bits per heavy atom. The van der Waals surface area contributed by atoms with Gasteiger partial charge in [-0.15, -0.1) is 0 Å². The fraction of sp³-hybridized carbons (Fsp3) is 0.273. The third kappa shape index (κ3) is 2.16. The number of hydrogen-bond acceptors (Lipinski definition) is 3. The summed E-state index contributed by atoms with van der Waals surface area (Å²) >= 11 is 0. The first-order chi connectivity index (χ1) is 7.90. The van der Waals surface area contributed by atoms with Gasteiger partial charge in [0.2, 0.25) is 0 Å². The van der Waals surface area contributed by atoms with Gasteiger partial charge in [-0.25, -0.2) is 0 Å². The van der Waals surface area contributed by atoms with Crippen LogP contribution in [-0.2, 0) is 0 Å². The Labute approximate surface area is 95.5 Å². The molecule has 1 aliphatic heterocycles. The van der Waals surface area contributed by atoms with Gasteiger partial charge in [0.25, 0.3) is 11.8 Å². The number of carbonyl (C=O) groups is 2. The van der Waals surface area contributed by atoms with E-state index in [0.29, 0.717) is 0 Å². The summed E-state index contributed by atoms with van der Waals surface area (Å²) in [5, 5.41) is 8.28. The number of hydrogen-bond donors (Lipinski definition) is 1. The Bertz CT molecular complexity index is 447. The molecule has 1 aliphatic rings. The maximum atomic E-state index is 12.3. The molecule has 0 spiro atoms. The molecule has 17 heavy (non-hydrogen) atoms. The second kappa shape index (κ2) is 3.89. The molecule has 0 atom stereocenters. The molecule has 0 aliphatic carbocycles. The standard InChI is InChI=1S/C11H9F2NO3/c12-11(13,17)5-6-14-9(15)7-3-1-2-4-8(7)10(14)16/h1-4,17H,5-6H2. The number of halogens is 2. The zero-order chi connectivity index (χ0) is 12.6. The Hall–Kier alpha value is -1.82. The van der Waals surface area contributed by atoms with Gasteiger partial charge in [0.1, 0.15) is 0 Å². The van der Waals surface area contributed by atoms with Gasteiger partial charge in [-0.1, -0.05) is 12.1 Å². The van der Waals surface area contributed by atoms with Crippen LogP contribution in [0.3, 0.4) is 0 Å². The van der Waals surface area contributed by atoms with Crippen molar-refractivity contribution in [2.75, 3.05) is 6.54 Å². The Kier molecular flexibility index (Phi) is 2.66. The third-order valence-electron chi connectivity index (χ3n) is 2.51. The van der Waals surface area contributed by atoms with Gasteiger partial charge in [-0.2, -0.15) is 8.78 Å². The fourth-order valence-corrected chi connectivity index (χ4v) is 1.69. The predicted molar refractivity (Wildman–Crippen MR) is 53.6 cm³/mol. The molecule has 0 saturated heterocycles. The van der Waals surface area contributed by atoms with Crippen LogP contribution in [0.5, 0.6) is 0 Å². The quantitative estimate of drug-likeness (QED) is 0.810. The molecular weight excluding hydrogens is 232 g/mol. The number of imide groups is 1. The van der Waals surface area contributed by atoms with Crippen molar-refractivity contribution in [3.8, 4) is 0 Å². The van der Waals surface area contributed by atoms with E-state index in [1.807, 2.05) is 0 Å². The van der Waals surface area contributed by atoms with Crippen molar-refractivity contribution in [3.63, 3.8) is 0 Å². The van der Waals surface area contributed by atoms with E-state index in [1.165, 1.54) is 12.1 Å². The van der Waals surface area contributed by atoms with Crippen molar-refractivity contribution in [2.24, 2.45) is 0 Å². The number of nitrogens with zero attached hydrogens (tertiary/aromatic N) is 1. The van der Waals surface area contributed by atoms with Gasteiger partial charge in [0, 0.05) is 6.54 Å². The van der Waals surface area contributed by atoms with Gasteiger partial charge < -0.3 is 5.11 Å². The fourth-order valence-electron chi connectivity index (χ4n) is 1.69. The molecule has 6 heteroatoms. The number of benzene rings is 1. The van der Waals surface area contributed by atoms with Crippen LogP contribution in [0.25, 0.3) is 0 Å². The van der Waals surface area contributed by atoms with Crippen molar-refractivity contribution >= 4 is 11.8 Å². The molecule has 0 fully saturated rings. The van der Waals surface area contributed by atoms with E-state index in [0.717, 1.165) is 4.90 Å². The van der Waals surface area contributed by atoms with Crippen LogP contribution in [-0.4, -0.2) is 34.5 Å². The monoisotopic (exact) mass is 241 g/mol. The van der Waals surface area contributed by atoms with E-state index in [9.17, 15) is 18.4 Å². The summed E-state index contributed by atoms with van der Waals surface area (Å²) < 4.78 is 24.5. The number of amides is 2. The smallest absolute Gasteiger partial charge is 0.336 e. The Morgan fingerprint density at radius 2 is 1.59 bits per heavy atom. The highest BCUT2D eigenvalue weighted by atomic mass is 19.3. The van der Waals surface area contributed by atoms with E-state index < -0.39 is 30.9 Å². The zero-order valence-electron chi connectivity index (χ0n) is 8.69. The zero-order valence-corrected chi connectivity index (χ0v) is 8.69. The molecule has 0 unspecified atom stereocenters. The van der Waals surface area contributed by atoms with Gasteiger partial charge >= 0.3 is 6.11 Å². The number of rotatable bonds is 3. The highest BCUT2D eigenvalue weighted by Crippen LogP contribution is 2.24. The first-order valence-corrected chi connectivity index (χ1v) is 4.95. The van der Waals surface area contributed by atoms with Crippen molar-refractivity contribution in [2.45, 2.75) is 12.5 Å². The Balaban J connectivity index is 2.19. The van der Waals surface area contributed by atoms with Crippen LogP contribution >= 0.6 is 0 Å². The summed E-state index contributed by atoms with van der Waals surface area (Å²) in [4.78, 5) is 24.1. The lowest BCUT2D eigenvalue weighted by Gasteiger charge is -2.15. The summed E-state index contributed by atoms with van der Waals surface area (Å²) in [6.45, 7) is -0.504. The summed E-state index contributed by atoms with van der Waals surface area (Å²) in [6.07, 6.45) is -4.84. The van der Waals surface area contributed by atoms with Gasteiger partial charge in [-0.05, 0) is 12.1 Å². The summed E-state index contributed by atoms with van der Waals surface area (Å²) in [5.41, 5.74) is 0.414. The Morgan fingerprint density at radius 1 is 1.12 bits per heavy atom. The molecule has 1 aromatic carbocycles. The summed E-state index contributed by atoms with van der Waals surface area (Å²) in [7, 11) is 0. The van der Waals surface area contributed by atoms with Crippen LogP contribution in [0.1, 0.15) is 27.1 Å². The number of aliphatic hydroxyl groups is 1. The van der Waals surface area contributed by atoms with Gasteiger partial charge in [0.15, 0.2) is 0 Å². The topological polar surface area (TPSA) is 57.6 Å². The maximum absolute atomic E-state index is 12.3. The minimum absolute atomic E-state index is 0.207. The average Bonchev–Trinajstić information content (AvgIpc) is 2.49. The number of alkyl halides is 2. The molecule has 0 saturated carbocycles. The van der Waals surface area contributed by atoms with Crippen LogP contribution in [0.15, 0.2) is 24.3 Å². The van der Waals surface area contributed by atoms with E-state index >= 15 is 0 Å². The van der Waals surface area contributed by atoms with Crippen LogP contribution in [0.2, 0.25) is 0 Å². The van der Waals surface area contributed by atoms with E-state index in [1.54, 1.807) is 12.1 Å². The van der Waals surface area contributed by atoms with Crippen molar-refractivity contribution in [1.82, 2.24) is 4.90 Å². The second-order valence-electron chi connectivity index (χ2n) is 3.72. The SMILES string of the molecule is O=C1c2ccccc2C(=O)N1CCC(O)(F)F. The van der Waals surface area contributed by atoms with Gasteiger partial charge in [-0.3, -0.25) is 14.5 Å². The molecule has 2 rings (SSSR count). The second-order valence-corrected chi connectivity index (χ2v) is 3.72. The normalized spacial score (nSPS) is 15.4. The molecule has 1 N–H and O–H groups in total. The van der Waals surface area contributed by atoms with Gasteiger partial charge in [0.05, 0.1) is 17.5 Å². The van der Waals surface area contributed by atoms with E-state index in [4.69, 9.17) is 5.11 Å². The summed E-state index contributed by atoms with van der Waals surface area (Å²) in [5.74, 6) is -1.20. The molecule has 2 amide bonds. The van der Waals surface area contributed by atoms with Crippen molar-refractivity contribution in [3.05, 3.63) is 35.4 Å². The van der Waals surface area contributed by atoms with Crippen LogP contribution < -0.4 is 0 Å². The van der Waals surface area contributed by atoms with E-state index in [2.05, 4.69) is 0 Å². The summed E-state index contributed by atoms with van der Waals surface area (Å²) in [6, 6.07) is 6.11. The highest BCUT2D eigenvalue weighted by Gasteiger charge is 2.37. The van der Waals surface area contributed by atoms with E-state index in [-0.39, 0.29) is 11.1 Å². The highest BCUT2D eigenvalue weighted by molar-refractivity contribution is 6.21. The molecule has 1 aromatic rings. The third-order valence-corrected chi connectivity index (χ3v) is 2.51. The lowest BCUT2D eigenvalue weighted by molar-refractivity contribution is -0.203. The lowest BCUT2D eigenvalue weighted by atomic mass is 10.1. The van der Waals surface area contributed by atoms with Crippen LogP contribution in [0, 0.1) is 0 Å². The predicted octanol–water partition coefficient (Wildman–Crippen LogP) is 1.26. The molecule has 90 valence electrons. The van der Waals surface area contributed by atoms with Crippen LogP contribution in [0.4, 0.5) is 8.78 Å². The maximum Gasteiger partial charge on any atom is 0.355 e. The minimum atomic E-state index is -3.88. The lowest BCUT2D eigenvalue weighted by Crippen LogP contribution is -2.34. The number of carbonyl (C=O) groups excluding carboxylic acids is 2. The average molecular weight is 241 g/mol. The first-order valence-electron chi connectivity index (χ1n) is 4.95.